The van der Waals surface area contributed by atoms with Gasteiger partial charge in [0.15, 0.2) is 0 Å². The molecule has 0 saturated carbocycles. The van der Waals surface area contributed by atoms with E-state index in [0.29, 0.717) is 5.92 Å². The van der Waals surface area contributed by atoms with Gasteiger partial charge in [0.2, 0.25) is 0 Å². The largest absolute Gasteiger partial charge is 0.339 e. The van der Waals surface area contributed by atoms with E-state index < -0.39 is 0 Å². The molecule has 2 N–H and O–H groups in total. The summed E-state index contributed by atoms with van der Waals surface area (Å²) in [5.41, 5.74) is 5.44. The van der Waals surface area contributed by atoms with E-state index in [1.54, 1.807) is 0 Å². The Kier molecular flexibility index (Phi) is 5.16. The zero-order valence-corrected chi connectivity index (χ0v) is 16.0. The third-order valence-corrected chi connectivity index (χ3v) is 5.20. The Bertz CT molecular complexity index is 1040. The lowest BCUT2D eigenvalue weighted by molar-refractivity contribution is 0.453. The van der Waals surface area contributed by atoms with Gasteiger partial charge in [0.1, 0.15) is 5.65 Å². The molecule has 27 heavy (non-hydrogen) atoms. The van der Waals surface area contributed by atoms with Gasteiger partial charge in [0.25, 0.3) is 0 Å². The Hall–Kier alpha value is -2.72. The number of hydrogen-bond donors (Lipinski definition) is 2. The minimum Gasteiger partial charge on any atom is -0.339 e. The number of benzene rings is 1. The highest BCUT2D eigenvalue weighted by atomic mass is 14.9. The predicted octanol–water partition coefficient (Wildman–Crippen LogP) is 5.27. The third-order valence-electron chi connectivity index (χ3n) is 5.20. The van der Waals surface area contributed by atoms with E-state index >= 15 is 0 Å². The van der Waals surface area contributed by atoms with Gasteiger partial charge in [-0.2, -0.15) is 0 Å². The number of aromatic nitrogens is 3. The molecule has 1 aliphatic heterocycles. The maximum absolute atomic E-state index is 5.03. The van der Waals surface area contributed by atoms with Crippen LogP contribution in [0, 0.1) is 0 Å². The van der Waals surface area contributed by atoms with Crippen LogP contribution in [-0.2, 0) is 0 Å². The average Bonchev–Trinajstić information content (AvgIpc) is 3.15. The quantitative estimate of drug-likeness (QED) is 0.513. The first-order valence-electron chi connectivity index (χ1n) is 9.93. The summed E-state index contributed by atoms with van der Waals surface area (Å²) in [6, 6.07) is 16.9. The fourth-order valence-corrected chi connectivity index (χ4v) is 3.93. The molecule has 1 fully saturated rings. The van der Waals surface area contributed by atoms with E-state index in [2.05, 4.69) is 57.7 Å². The summed E-state index contributed by atoms with van der Waals surface area (Å²) in [6.07, 6.45) is 4.19. The smallest absolute Gasteiger partial charge is 0.138 e. The molecule has 0 unspecified atom stereocenters. The number of aromatic amines is 1. The van der Waals surface area contributed by atoms with Crippen LogP contribution in [0.1, 0.15) is 38.3 Å². The topological polar surface area (TPSA) is 53.6 Å². The number of piperidine rings is 1. The molecule has 0 aliphatic carbocycles. The molecular formula is C23H26N4. The molecule has 4 heteroatoms. The van der Waals surface area contributed by atoms with Crippen molar-refractivity contribution in [1.29, 1.82) is 0 Å². The van der Waals surface area contributed by atoms with Crippen LogP contribution in [-0.4, -0.2) is 28.0 Å². The monoisotopic (exact) mass is 358 g/mol. The van der Waals surface area contributed by atoms with Crippen molar-refractivity contribution in [2.45, 2.75) is 32.6 Å². The number of pyridine rings is 2. The van der Waals surface area contributed by atoms with E-state index in [1.165, 1.54) is 11.1 Å². The van der Waals surface area contributed by atoms with E-state index in [1.807, 2.05) is 26.1 Å². The summed E-state index contributed by atoms with van der Waals surface area (Å²) in [5.74, 6) is 0.557. The van der Waals surface area contributed by atoms with Gasteiger partial charge in [0.05, 0.1) is 5.69 Å². The van der Waals surface area contributed by atoms with Gasteiger partial charge in [-0.3, -0.25) is 4.98 Å². The highest BCUT2D eigenvalue weighted by Gasteiger charge is 2.18. The molecule has 4 heterocycles. The Morgan fingerprint density at radius 2 is 1.74 bits per heavy atom. The van der Waals surface area contributed by atoms with Gasteiger partial charge in [-0.25, -0.2) is 4.98 Å². The van der Waals surface area contributed by atoms with Gasteiger partial charge in [-0.15, -0.1) is 0 Å². The summed E-state index contributed by atoms with van der Waals surface area (Å²) < 4.78 is 0. The molecule has 4 nitrogen and oxygen atoms in total. The predicted molar refractivity (Wildman–Crippen MR) is 113 cm³/mol. The zero-order chi connectivity index (χ0) is 18.6. The molecule has 138 valence electrons. The number of fused-ring (bicyclic) bond motifs is 3. The summed E-state index contributed by atoms with van der Waals surface area (Å²) >= 11 is 0. The lowest BCUT2D eigenvalue weighted by Crippen LogP contribution is -2.27. The second kappa shape index (κ2) is 7.89. The molecule has 1 aliphatic rings. The van der Waals surface area contributed by atoms with Crippen LogP contribution in [0.15, 0.2) is 54.7 Å². The van der Waals surface area contributed by atoms with Crippen molar-refractivity contribution in [2.24, 2.45) is 0 Å². The highest BCUT2D eigenvalue weighted by molar-refractivity contribution is 6.12. The molecule has 1 aromatic carbocycles. The van der Waals surface area contributed by atoms with E-state index in [9.17, 15) is 0 Å². The van der Waals surface area contributed by atoms with Crippen LogP contribution in [0.2, 0.25) is 0 Å². The summed E-state index contributed by atoms with van der Waals surface area (Å²) in [4.78, 5) is 13.0. The molecule has 0 atom stereocenters. The van der Waals surface area contributed by atoms with Crippen molar-refractivity contribution in [3.8, 4) is 11.3 Å². The fraction of sp³-hybridized carbons (Fsp3) is 0.304. The molecule has 3 aromatic heterocycles. The number of nitrogens with zero attached hydrogens (tertiary/aromatic N) is 2. The molecule has 1 saturated heterocycles. The minimum atomic E-state index is 0.557. The number of hydrogen-bond acceptors (Lipinski definition) is 3. The molecule has 5 rings (SSSR count). The second-order valence-corrected chi connectivity index (χ2v) is 6.72. The van der Waals surface area contributed by atoms with Crippen LogP contribution < -0.4 is 5.32 Å². The molecular weight excluding hydrogens is 332 g/mol. The van der Waals surface area contributed by atoms with E-state index in [-0.39, 0.29) is 0 Å². The second-order valence-electron chi connectivity index (χ2n) is 6.72. The minimum absolute atomic E-state index is 0.557. The van der Waals surface area contributed by atoms with Crippen LogP contribution in [0.3, 0.4) is 0 Å². The molecule has 0 spiro atoms. The van der Waals surface area contributed by atoms with Gasteiger partial charge in [0, 0.05) is 39.7 Å². The normalized spacial score (nSPS) is 14.9. The van der Waals surface area contributed by atoms with Crippen molar-refractivity contribution in [1.82, 2.24) is 20.3 Å². The summed E-state index contributed by atoms with van der Waals surface area (Å²) in [6.45, 7) is 6.16. The first-order valence-corrected chi connectivity index (χ1v) is 9.93. The van der Waals surface area contributed by atoms with Crippen LogP contribution in [0.5, 0.6) is 0 Å². The fourth-order valence-electron chi connectivity index (χ4n) is 3.93. The highest BCUT2D eigenvalue weighted by Crippen LogP contribution is 2.33. The van der Waals surface area contributed by atoms with Crippen molar-refractivity contribution >= 4 is 21.9 Å². The van der Waals surface area contributed by atoms with Crippen molar-refractivity contribution in [3.63, 3.8) is 0 Å². The summed E-state index contributed by atoms with van der Waals surface area (Å²) in [5, 5.41) is 5.80. The number of para-hydroxylation sites is 1. The van der Waals surface area contributed by atoms with Crippen LogP contribution in [0.25, 0.3) is 33.2 Å². The summed E-state index contributed by atoms with van der Waals surface area (Å²) in [7, 11) is 0. The van der Waals surface area contributed by atoms with Crippen molar-refractivity contribution in [3.05, 3.63) is 60.4 Å². The first kappa shape index (κ1) is 17.7. The maximum atomic E-state index is 5.03. The molecule has 4 aromatic rings. The lowest BCUT2D eigenvalue weighted by atomic mass is 9.93. The van der Waals surface area contributed by atoms with Gasteiger partial charge >= 0.3 is 0 Å². The van der Waals surface area contributed by atoms with Crippen LogP contribution >= 0.6 is 0 Å². The van der Waals surface area contributed by atoms with Gasteiger partial charge < -0.3 is 10.3 Å². The first-order chi connectivity index (χ1) is 13.4. The number of H-pyrrole nitrogens is 1. The Morgan fingerprint density at radius 1 is 0.926 bits per heavy atom. The van der Waals surface area contributed by atoms with Gasteiger partial charge in [-0.1, -0.05) is 38.1 Å². The lowest BCUT2D eigenvalue weighted by Gasteiger charge is -2.22. The Morgan fingerprint density at radius 3 is 2.59 bits per heavy atom. The Balaban J connectivity index is 0.000000872. The molecule has 0 bridgehead atoms. The Labute approximate surface area is 160 Å². The third kappa shape index (κ3) is 3.33. The average molecular weight is 358 g/mol. The van der Waals surface area contributed by atoms with Crippen LogP contribution in [0.4, 0.5) is 0 Å². The number of nitrogens with one attached hydrogen (secondary N) is 2. The molecule has 0 radical (unpaired) electrons. The van der Waals surface area contributed by atoms with Gasteiger partial charge in [-0.05, 0) is 50.2 Å². The molecule has 0 amide bonds. The number of rotatable bonds is 2. The van der Waals surface area contributed by atoms with E-state index in [0.717, 1.165) is 53.7 Å². The standard InChI is InChI=1S/C21H20N4.C2H6/c1-2-5-19-15(4-1)20-16(10-13-23-21(20)25-19)18-7-3-6-17(24-18)14-8-11-22-12-9-14;1-2/h1-7,10,13-14,22H,8-9,11-12H2,(H,23,25);1-2H3. The maximum Gasteiger partial charge on any atom is 0.138 e. The zero-order valence-electron chi connectivity index (χ0n) is 16.0. The van der Waals surface area contributed by atoms with Crippen molar-refractivity contribution in [2.75, 3.05) is 13.1 Å². The van der Waals surface area contributed by atoms with E-state index in [4.69, 9.17) is 4.98 Å². The SMILES string of the molecule is CC.c1cc(-c2ccnc3[nH]c4ccccc4c23)nc(C2CCNCC2)c1. The van der Waals surface area contributed by atoms with Crippen molar-refractivity contribution < 1.29 is 0 Å².